The van der Waals surface area contributed by atoms with Crippen LogP contribution in [0.1, 0.15) is 16.1 Å². The molecule has 6 heteroatoms. The van der Waals surface area contributed by atoms with Crippen molar-refractivity contribution in [3.63, 3.8) is 0 Å². The van der Waals surface area contributed by atoms with Gasteiger partial charge in [-0.05, 0) is 19.1 Å². The van der Waals surface area contributed by atoms with Gasteiger partial charge in [-0.2, -0.15) is 5.10 Å². The summed E-state index contributed by atoms with van der Waals surface area (Å²) in [7, 11) is 0. The Morgan fingerprint density at radius 1 is 1.14 bits per heavy atom. The van der Waals surface area contributed by atoms with Gasteiger partial charge < -0.3 is 9.84 Å². The van der Waals surface area contributed by atoms with Crippen LogP contribution < -0.4 is 4.74 Å². The van der Waals surface area contributed by atoms with Gasteiger partial charge in [-0.25, -0.2) is 4.79 Å². The topological polar surface area (TPSA) is 85.2 Å². The van der Waals surface area contributed by atoms with E-state index >= 15 is 0 Å². The Balaban J connectivity index is 2.04. The zero-order valence-corrected chi connectivity index (χ0v) is 11.1. The van der Waals surface area contributed by atoms with Gasteiger partial charge in [0, 0.05) is 17.0 Å². The molecule has 104 valence electrons. The van der Waals surface area contributed by atoms with Gasteiger partial charge in [0.05, 0.1) is 17.5 Å². The Morgan fingerprint density at radius 2 is 1.90 bits per heavy atom. The standard InChI is InChI=1S/C15H11N3O3/c1-9-12-4-2-3-5-13(12)14(18-17-9)21-11-6-10(15(19)20)7-16-8-11/h2-8H,1H3,(H,19,20). The normalized spacial score (nSPS) is 10.5. The fourth-order valence-corrected chi connectivity index (χ4v) is 1.99. The Kier molecular flexibility index (Phi) is 3.19. The molecule has 0 fully saturated rings. The maximum Gasteiger partial charge on any atom is 0.337 e. The number of fused-ring (bicyclic) bond motifs is 1. The summed E-state index contributed by atoms with van der Waals surface area (Å²) in [6.45, 7) is 1.87. The smallest absolute Gasteiger partial charge is 0.337 e. The monoisotopic (exact) mass is 281 g/mol. The minimum absolute atomic E-state index is 0.0527. The molecule has 0 radical (unpaired) electrons. The number of carbonyl (C=O) groups is 1. The van der Waals surface area contributed by atoms with Crippen LogP contribution in [0.3, 0.4) is 0 Å². The van der Waals surface area contributed by atoms with Crippen LogP contribution in [-0.4, -0.2) is 26.3 Å². The summed E-state index contributed by atoms with van der Waals surface area (Å²) in [6.07, 6.45) is 2.69. The summed E-state index contributed by atoms with van der Waals surface area (Å²) in [5.41, 5.74) is 0.854. The van der Waals surface area contributed by atoms with Crippen LogP contribution in [0.2, 0.25) is 0 Å². The van der Waals surface area contributed by atoms with Gasteiger partial charge in [0.2, 0.25) is 5.88 Å². The molecule has 0 aliphatic heterocycles. The molecule has 0 saturated carbocycles. The number of hydrogen-bond acceptors (Lipinski definition) is 5. The van der Waals surface area contributed by atoms with Gasteiger partial charge in [-0.1, -0.05) is 18.2 Å². The second-order valence-electron chi connectivity index (χ2n) is 4.45. The third-order valence-electron chi connectivity index (χ3n) is 3.01. The predicted molar refractivity (Wildman–Crippen MR) is 75.5 cm³/mol. The molecular formula is C15H11N3O3. The first-order valence-corrected chi connectivity index (χ1v) is 6.23. The zero-order chi connectivity index (χ0) is 14.8. The lowest BCUT2D eigenvalue weighted by atomic mass is 10.1. The Hall–Kier alpha value is -3.02. The highest BCUT2D eigenvalue weighted by Gasteiger charge is 2.10. The second-order valence-corrected chi connectivity index (χ2v) is 4.45. The summed E-state index contributed by atoms with van der Waals surface area (Å²) in [4.78, 5) is 14.8. The van der Waals surface area contributed by atoms with Gasteiger partial charge in [-0.15, -0.1) is 5.10 Å². The van der Waals surface area contributed by atoms with E-state index in [1.807, 2.05) is 31.2 Å². The summed E-state index contributed by atoms with van der Waals surface area (Å²) in [6, 6.07) is 8.99. The van der Waals surface area contributed by atoms with Crippen LogP contribution in [0.25, 0.3) is 10.8 Å². The average Bonchev–Trinajstić information content (AvgIpc) is 2.51. The molecule has 0 atom stereocenters. The number of hydrogen-bond donors (Lipinski definition) is 1. The summed E-state index contributed by atoms with van der Waals surface area (Å²) in [5, 5.41) is 18.8. The van der Waals surface area contributed by atoms with Crippen molar-refractivity contribution in [2.24, 2.45) is 0 Å². The zero-order valence-electron chi connectivity index (χ0n) is 11.1. The minimum Gasteiger partial charge on any atom is -0.478 e. The highest BCUT2D eigenvalue weighted by atomic mass is 16.5. The minimum atomic E-state index is -1.06. The van der Waals surface area contributed by atoms with Gasteiger partial charge in [0.25, 0.3) is 0 Å². The fourth-order valence-electron chi connectivity index (χ4n) is 1.99. The molecule has 21 heavy (non-hydrogen) atoms. The van der Waals surface area contributed by atoms with E-state index in [0.29, 0.717) is 11.6 Å². The quantitative estimate of drug-likeness (QED) is 0.794. The van der Waals surface area contributed by atoms with Crippen molar-refractivity contribution in [1.29, 1.82) is 0 Å². The number of rotatable bonds is 3. The first kappa shape index (κ1) is 13.0. The maximum absolute atomic E-state index is 10.9. The predicted octanol–water partition coefficient (Wildman–Crippen LogP) is 2.82. The number of aryl methyl sites for hydroxylation is 1. The lowest BCUT2D eigenvalue weighted by Gasteiger charge is -2.08. The molecule has 0 amide bonds. The van der Waals surface area contributed by atoms with Gasteiger partial charge in [0.15, 0.2) is 0 Å². The fraction of sp³-hybridized carbons (Fsp3) is 0.0667. The van der Waals surface area contributed by atoms with Crippen LogP contribution in [0.15, 0.2) is 42.7 Å². The third-order valence-corrected chi connectivity index (χ3v) is 3.01. The molecule has 3 rings (SSSR count). The van der Waals surface area contributed by atoms with Crippen LogP contribution >= 0.6 is 0 Å². The number of benzene rings is 1. The third kappa shape index (κ3) is 2.51. The molecule has 0 unspecified atom stereocenters. The van der Waals surface area contributed by atoms with Crippen molar-refractivity contribution >= 4 is 16.7 Å². The van der Waals surface area contributed by atoms with Crippen molar-refractivity contribution in [2.45, 2.75) is 6.92 Å². The molecule has 0 spiro atoms. The number of nitrogens with zero attached hydrogens (tertiary/aromatic N) is 3. The van der Waals surface area contributed by atoms with Crippen LogP contribution in [0, 0.1) is 6.92 Å². The van der Waals surface area contributed by atoms with E-state index in [9.17, 15) is 4.79 Å². The lowest BCUT2D eigenvalue weighted by molar-refractivity contribution is 0.0696. The van der Waals surface area contributed by atoms with Crippen molar-refractivity contribution in [1.82, 2.24) is 15.2 Å². The van der Waals surface area contributed by atoms with Crippen LogP contribution in [-0.2, 0) is 0 Å². The summed E-state index contributed by atoms with van der Waals surface area (Å²) < 4.78 is 5.64. The number of aromatic nitrogens is 3. The highest BCUT2D eigenvalue weighted by molar-refractivity contribution is 5.89. The molecule has 1 N–H and O–H groups in total. The molecule has 2 heterocycles. The average molecular weight is 281 g/mol. The molecule has 0 saturated heterocycles. The molecule has 2 aromatic heterocycles. The summed E-state index contributed by atoms with van der Waals surface area (Å²) >= 11 is 0. The highest BCUT2D eigenvalue weighted by Crippen LogP contribution is 2.28. The van der Waals surface area contributed by atoms with Crippen LogP contribution in [0.5, 0.6) is 11.6 Å². The molecule has 0 aliphatic rings. The lowest BCUT2D eigenvalue weighted by Crippen LogP contribution is -1.99. The molecular weight excluding hydrogens is 270 g/mol. The molecule has 1 aromatic carbocycles. The number of carboxylic acids is 1. The molecule has 3 aromatic rings. The van der Waals surface area contributed by atoms with Crippen molar-refractivity contribution in [2.75, 3.05) is 0 Å². The van der Waals surface area contributed by atoms with E-state index in [0.717, 1.165) is 16.5 Å². The SMILES string of the molecule is Cc1nnc(Oc2cncc(C(=O)O)c2)c2ccccc12. The van der Waals surface area contributed by atoms with E-state index in [-0.39, 0.29) is 5.56 Å². The molecule has 6 nitrogen and oxygen atoms in total. The Bertz CT molecular complexity index is 833. The van der Waals surface area contributed by atoms with E-state index in [1.54, 1.807) is 0 Å². The maximum atomic E-state index is 10.9. The Labute approximate surface area is 120 Å². The first-order chi connectivity index (χ1) is 10.1. The number of ether oxygens (including phenoxy) is 1. The number of carboxylic acid groups (broad SMARTS) is 1. The largest absolute Gasteiger partial charge is 0.478 e. The van der Waals surface area contributed by atoms with E-state index in [4.69, 9.17) is 9.84 Å². The Morgan fingerprint density at radius 3 is 2.67 bits per heavy atom. The number of pyridine rings is 1. The van der Waals surface area contributed by atoms with Crippen molar-refractivity contribution in [3.8, 4) is 11.6 Å². The van der Waals surface area contributed by atoms with E-state index in [2.05, 4.69) is 15.2 Å². The first-order valence-electron chi connectivity index (χ1n) is 6.23. The van der Waals surface area contributed by atoms with Gasteiger partial charge in [0.1, 0.15) is 5.75 Å². The van der Waals surface area contributed by atoms with Crippen LogP contribution in [0.4, 0.5) is 0 Å². The molecule has 0 bridgehead atoms. The van der Waals surface area contributed by atoms with E-state index in [1.165, 1.54) is 18.5 Å². The molecule has 0 aliphatic carbocycles. The summed E-state index contributed by atoms with van der Waals surface area (Å²) in [5.74, 6) is -0.438. The number of aromatic carboxylic acids is 1. The van der Waals surface area contributed by atoms with Crippen molar-refractivity contribution in [3.05, 3.63) is 54.0 Å². The van der Waals surface area contributed by atoms with Crippen molar-refractivity contribution < 1.29 is 14.6 Å². The van der Waals surface area contributed by atoms with Gasteiger partial charge in [-0.3, -0.25) is 4.98 Å². The van der Waals surface area contributed by atoms with E-state index < -0.39 is 5.97 Å². The van der Waals surface area contributed by atoms with Gasteiger partial charge >= 0.3 is 5.97 Å². The second kappa shape index (κ2) is 5.16.